The molecular weight excluding hydrogens is 416 g/mol. The molecule has 1 unspecified atom stereocenters. The highest BCUT2D eigenvalue weighted by Gasteiger charge is 2.35. The van der Waals surface area contributed by atoms with Gasteiger partial charge in [0.2, 0.25) is 11.8 Å². The Kier molecular flexibility index (Phi) is 6.18. The fourth-order valence-corrected chi connectivity index (χ4v) is 4.55. The number of hydrogen-bond donors (Lipinski definition) is 1. The van der Waals surface area contributed by atoms with Crippen LogP contribution in [0.15, 0.2) is 59.2 Å². The number of ether oxygens (including phenoxy) is 1. The molecule has 0 bridgehead atoms. The van der Waals surface area contributed by atoms with Gasteiger partial charge in [-0.05, 0) is 30.7 Å². The van der Waals surface area contributed by atoms with Gasteiger partial charge in [0.25, 0.3) is 0 Å². The smallest absolute Gasteiger partial charge is 0.341 e. The number of benzene rings is 1. The van der Waals surface area contributed by atoms with Crippen molar-refractivity contribution in [1.29, 1.82) is 0 Å². The van der Waals surface area contributed by atoms with Gasteiger partial charge in [-0.15, -0.1) is 11.3 Å². The number of esters is 1. The summed E-state index contributed by atoms with van der Waals surface area (Å²) in [6.45, 7) is 2.61. The number of thiophene rings is 1. The van der Waals surface area contributed by atoms with Crippen LogP contribution in [0.5, 0.6) is 0 Å². The third kappa shape index (κ3) is 4.69. The Hall–Kier alpha value is -3.39. The highest BCUT2D eigenvalue weighted by Crippen LogP contribution is 2.36. The Labute approximate surface area is 183 Å². The summed E-state index contributed by atoms with van der Waals surface area (Å²) >= 11 is 1.31. The molecule has 2 amide bonds. The quantitative estimate of drug-likeness (QED) is 0.559. The van der Waals surface area contributed by atoms with Gasteiger partial charge in [-0.1, -0.05) is 30.3 Å². The number of nitrogens with zero attached hydrogens (tertiary/aromatic N) is 1. The van der Waals surface area contributed by atoms with Gasteiger partial charge in [0, 0.05) is 17.8 Å². The van der Waals surface area contributed by atoms with Crippen molar-refractivity contribution in [3.63, 3.8) is 0 Å². The van der Waals surface area contributed by atoms with E-state index in [-0.39, 0.29) is 24.8 Å². The second kappa shape index (κ2) is 9.18. The SMILES string of the molecule is CCOC(=O)c1cc(-c2ccccc2)sc1NC(=O)C1CC(=O)N(Cc2ccco2)C1. The third-order valence-electron chi connectivity index (χ3n) is 5.03. The molecule has 1 saturated heterocycles. The summed E-state index contributed by atoms with van der Waals surface area (Å²) in [7, 11) is 0. The molecule has 160 valence electrons. The topological polar surface area (TPSA) is 88.8 Å². The Morgan fingerprint density at radius 2 is 2.03 bits per heavy atom. The van der Waals surface area contributed by atoms with E-state index >= 15 is 0 Å². The number of rotatable bonds is 7. The normalized spacial score (nSPS) is 15.8. The van der Waals surface area contributed by atoms with E-state index in [0.29, 0.717) is 29.4 Å². The zero-order valence-electron chi connectivity index (χ0n) is 17.0. The van der Waals surface area contributed by atoms with Gasteiger partial charge in [0.05, 0.1) is 30.9 Å². The van der Waals surface area contributed by atoms with Gasteiger partial charge in [-0.2, -0.15) is 0 Å². The van der Waals surface area contributed by atoms with E-state index in [1.807, 2.05) is 30.3 Å². The van der Waals surface area contributed by atoms with Crippen LogP contribution >= 0.6 is 11.3 Å². The van der Waals surface area contributed by atoms with Crippen LogP contribution in [0, 0.1) is 5.92 Å². The first-order chi connectivity index (χ1) is 15.0. The molecule has 1 aliphatic heterocycles. The van der Waals surface area contributed by atoms with Crippen LogP contribution in [-0.2, 0) is 20.9 Å². The summed E-state index contributed by atoms with van der Waals surface area (Å²) in [5.74, 6) is -0.705. The van der Waals surface area contributed by atoms with Crippen molar-refractivity contribution >= 4 is 34.1 Å². The first kappa shape index (κ1) is 20.9. The Morgan fingerprint density at radius 3 is 2.74 bits per heavy atom. The Morgan fingerprint density at radius 1 is 1.23 bits per heavy atom. The lowest BCUT2D eigenvalue weighted by Crippen LogP contribution is -2.28. The van der Waals surface area contributed by atoms with Crippen LogP contribution in [0.4, 0.5) is 5.00 Å². The van der Waals surface area contributed by atoms with Gasteiger partial charge >= 0.3 is 5.97 Å². The molecule has 3 heterocycles. The molecule has 1 fully saturated rings. The van der Waals surface area contributed by atoms with Crippen molar-refractivity contribution in [3.05, 3.63) is 66.1 Å². The molecular formula is C23H22N2O5S. The van der Waals surface area contributed by atoms with Gasteiger partial charge in [0.15, 0.2) is 0 Å². The number of nitrogens with one attached hydrogen (secondary N) is 1. The van der Waals surface area contributed by atoms with Crippen LogP contribution in [-0.4, -0.2) is 35.8 Å². The summed E-state index contributed by atoms with van der Waals surface area (Å²) in [4.78, 5) is 40.2. The molecule has 0 aliphatic carbocycles. The van der Waals surface area contributed by atoms with Crippen molar-refractivity contribution in [3.8, 4) is 10.4 Å². The lowest BCUT2D eigenvalue weighted by atomic mass is 10.1. The van der Waals surface area contributed by atoms with Crippen LogP contribution in [0.2, 0.25) is 0 Å². The monoisotopic (exact) mass is 438 g/mol. The molecule has 31 heavy (non-hydrogen) atoms. The Balaban J connectivity index is 1.51. The molecule has 3 aromatic rings. The van der Waals surface area contributed by atoms with E-state index in [1.54, 1.807) is 36.3 Å². The standard InChI is InChI=1S/C23H22N2O5S/c1-2-29-23(28)18-12-19(15-7-4-3-5-8-15)31-22(18)24-21(27)16-11-20(26)25(13-16)14-17-9-6-10-30-17/h3-10,12,16H,2,11,13-14H2,1H3,(H,24,27). The van der Waals surface area contributed by atoms with Gasteiger partial charge in [-0.25, -0.2) is 4.79 Å². The minimum Gasteiger partial charge on any atom is -0.467 e. The molecule has 1 N–H and O–H groups in total. The van der Waals surface area contributed by atoms with E-state index < -0.39 is 11.9 Å². The number of likely N-dealkylation sites (tertiary alicyclic amines) is 1. The number of hydrogen-bond acceptors (Lipinski definition) is 6. The molecule has 1 aromatic carbocycles. The molecule has 4 rings (SSSR count). The number of anilines is 1. The minimum absolute atomic E-state index is 0.0988. The second-order valence-electron chi connectivity index (χ2n) is 7.18. The van der Waals surface area contributed by atoms with Crippen LogP contribution < -0.4 is 5.32 Å². The predicted octanol–water partition coefficient (Wildman–Crippen LogP) is 4.17. The lowest BCUT2D eigenvalue weighted by Gasteiger charge is -2.15. The van der Waals surface area contributed by atoms with E-state index in [1.165, 1.54) is 11.3 Å². The summed E-state index contributed by atoms with van der Waals surface area (Å²) in [5, 5.41) is 3.29. The Bertz CT molecular complexity index is 1070. The van der Waals surface area contributed by atoms with Crippen LogP contribution in [0.25, 0.3) is 10.4 Å². The average Bonchev–Trinajstić information content (AvgIpc) is 3.50. The van der Waals surface area contributed by atoms with Crippen LogP contribution in [0.3, 0.4) is 0 Å². The van der Waals surface area contributed by atoms with E-state index in [9.17, 15) is 14.4 Å². The average molecular weight is 439 g/mol. The number of amides is 2. The molecule has 2 aromatic heterocycles. The van der Waals surface area contributed by atoms with Crippen molar-refractivity contribution in [2.45, 2.75) is 19.9 Å². The first-order valence-corrected chi connectivity index (χ1v) is 10.8. The molecule has 1 atom stereocenters. The van der Waals surface area contributed by atoms with Gasteiger partial charge in [0.1, 0.15) is 10.8 Å². The number of furan rings is 1. The molecule has 0 radical (unpaired) electrons. The minimum atomic E-state index is -0.500. The summed E-state index contributed by atoms with van der Waals surface area (Å²) in [6, 6.07) is 14.9. The molecule has 7 nitrogen and oxygen atoms in total. The summed E-state index contributed by atoms with van der Waals surface area (Å²) in [6.07, 6.45) is 1.68. The van der Waals surface area contributed by atoms with Gasteiger partial charge in [-0.3, -0.25) is 9.59 Å². The van der Waals surface area contributed by atoms with Crippen molar-refractivity contribution in [2.75, 3.05) is 18.5 Å². The first-order valence-electron chi connectivity index (χ1n) is 10.0. The zero-order valence-corrected chi connectivity index (χ0v) is 17.8. The fourth-order valence-electron chi connectivity index (χ4n) is 3.49. The summed E-state index contributed by atoms with van der Waals surface area (Å²) < 4.78 is 10.5. The van der Waals surface area contributed by atoms with Crippen LogP contribution in [0.1, 0.15) is 29.5 Å². The van der Waals surface area contributed by atoms with E-state index in [2.05, 4.69) is 5.32 Å². The van der Waals surface area contributed by atoms with Crippen molar-refractivity contribution in [1.82, 2.24) is 4.90 Å². The third-order valence-corrected chi connectivity index (χ3v) is 6.13. The van der Waals surface area contributed by atoms with E-state index in [0.717, 1.165) is 10.4 Å². The highest BCUT2D eigenvalue weighted by atomic mass is 32.1. The van der Waals surface area contributed by atoms with Crippen molar-refractivity contribution < 1.29 is 23.5 Å². The molecule has 0 spiro atoms. The zero-order chi connectivity index (χ0) is 21.8. The predicted molar refractivity (Wildman–Crippen MR) is 117 cm³/mol. The molecule has 8 heteroatoms. The lowest BCUT2D eigenvalue weighted by molar-refractivity contribution is -0.128. The van der Waals surface area contributed by atoms with Gasteiger partial charge < -0.3 is 19.4 Å². The number of carbonyl (C=O) groups is 3. The maximum absolute atomic E-state index is 12.9. The maximum Gasteiger partial charge on any atom is 0.341 e. The number of carbonyl (C=O) groups excluding carboxylic acids is 3. The second-order valence-corrected chi connectivity index (χ2v) is 8.24. The largest absolute Gasteiger partial charge is 0.467 e. The molecule has 0 saturated carbocycles. The fraction of sp³-hybridized carbons (Fsp3) is 0.261. The highest BCUT2D eigenvalue weighted by molar-refractivity contribution is 7.20. The maximum atomic E-state index is 12.9. The van der Waals surface area contributed by atoms with E-state index in [4.69, 9.17) is 9.15 Å². The molecule has 1 aliphatic rings. The summed E-state index contributed by atoms with van der Waals surface area (Å²) in [5.41, 5.74) is 1.26. The van der Waals surface area contributed by atoms with Crippen molar-refractivity contribution in [2.24, 2.45) is 5.92 Å².